The predicted molar refractivity (Wildman–Crippen MR) is 53.5 cm³/mol. The standard InChI is InChI=1S/C11H11FN2/c1-7-11(8(2)14-13-7)9-4-3-5-10(12)6-9/h3-6H,1-2H3,(H,13,14). The molecule has 0 unspecified atom stereocenters. The zero-order valence-electron chi connectivity index (χ0n) is 8.13. The highest BCUT2D eigenvalue weighted by Gasteiger charge is 2.08. The molecule has 1 heterocycles. The normalized spacial score (nSPS) is 10.5. The highest BCUT2D eigenvalue weighted by molar-refractivity contribution is 5.68. The molecular formula is C11H11FN2. The Kier molecular flexibility index (Phi) is 2.08. The molecule has 72 valence electrons. The first-order valence-corrected chi connectivity index (χ1v) is 4.46. The first-order chi connectivity index (χ1) is 6.68. The third-order valence-corrected chi connectivity index (χ3v) is 2.24. The fraction of sp³-hybridized carbons (Fsp3) is 0.182. The minimum absolute atomic E-state index is 0.220. The molecule has 1 aromatic carbocycles. The summed E-state index contributed by atoms with van der Waals surface area (Å²) >= 11 is 0. The van der Waals surface area contributed by atoms with Gasteiger partial charge in [0.05, 0.1) is 5.69 Å². The van der Waals surface area contributed by atoms with E-state index in [0.29, 0.717) is 0 Å². The molecule has 0 saturated heterocycles. The van der Waals surface area contributed by atoms with Crippen LogP contribution in [0.5, 0.6) is 0 Å². The van der Waals surface area contributed by atoms with Gasteiger partial charge < -0.3 is 0 Å². The topological polar surface area (TPSA) is 28.7 Å². The van der Waals surface area contributed by atoms with Crippen molar-refractivity contribution in [2.45, 2.75) is 13.8 Å². The van der Waals surface area contributed by atoms with E-state index in [1.165, 1.54) is 12.1 Å². The van der Waals surface area contributed by atoms with Crippen LogP contribution in [0.3, 0.4) is 0 Å². The molecule has 0 aliphatic carbocycles. The van der Waals surface area contributed by atoms with Crippen LogP contribution in [0.4, 0.5) is 4.39 Å². The van der Waals surface area contributed by atoms with Gasteiger partial charge in [-0.1, -0.05) is 12.1 Å². The maximum absolute atomic E-state index is 13.0. The number of aryl methyl sites for hydroxylation is 2. The van der Waals surface area contributed by atoms with E-state index in [1.807, 2.05) is 19.9 Å². The van der Waals surface area contributed by atoms with Crippen molar-refractivity contribution in [1.82, 2.24) is 10.2 Å². The predicted octanol–water partition coefficient (Wildman–Crippen LogP) is 2.83. The van der Waals surface area contributed by atoms with Gasteiger partial charge in [-0.25, -0.2) is 4.39 Å². The summed E-state index contributed by atoms with van der Waals surface area (Å²) in [5.41, 5.74) is 3.72. The first-order valence-electron chi connectivity index (χ1n) is 4.46. The Labute approximate surface area is 81.8 Å². The molecule has 0 aliphatic heterocycles. The second-order valence-electron chi connectivity index (χ2n) is 3.32. The van der Waals surface area contributed by atoms with E-state index in [4.69, 9.17) is 0 Å². The fourth-order valence-corrected chi connectivity index (χ4v) is 1.62. The summed E-state index contributed by atoms with van der Waals surface area (Å²) in [5.74, 6) is -0.220. The van der Waals surface area contributed by atoms with Gasteiger partial charge in [0.25, 0.3) is 0 Å². The van der Waals surface area contributed by atoms with Crippen LogP contribution in [0, 0.1) is 19.7 Å². The van der Waals surface area contributed by atoms with Gasteiger partial charge in [0.1, 0.15) is 5.82 Å². The second-order valence-corrected chi connectivity index (χ2v) is 3.32. The quantitative estimate of drug-likeness (QED) is 0.736. The van der Waals surface area contributed by atoms with E-state index in [0.717, 1.165) is 22.5 Å². The van der Waals surface area contributed by atoms with Crippen molar-refractivity contribution in [3.8, 4) is 11.1 Å². The van der Waals surface area contributed by atoms with Crippen LogP contribution in [-0.2, 0) is 0 Å². The lowest BCUT2D eigenvalue weighted by Gasteiger charge is -2.00. The molecule has 0 fully saturated rings. The number of nitrogens with one attached hydrogen (secondary N) is 1. The van der Waals surface area contributed by atoms with Gasteiger partial charge in [-0.05, 0) is 31.5 Å². The van der Waals surface area contributed by atoms with Gasteiger partial charge in [-0.2, -0.15) is 5.10 Å². The zero-order valence-corrected chi connectivity index (χ0v) is 8.13. The molecule has 0 aliphatic rings. The first kappa shape index (κ1) is 8.94. The van der Waals surface area contributed by atoms with Gasteiger partial charge in [0, 0.05) is 11.3 Å². The Bertz CT molecular complexity index is 441. The molecule has 14 heavy (non-hydrogen) atoms. The van der Waals surface area contributed by atoms with E-state index in [9.17, 15) is 4.39 Å². The number of benzene rings is 1. The number of rotatable bonds is 1. The Morgan fingerprint density at radius 1 is 1.29 bits per heavy atom. The van der Waals surface area contributed by atoms with Crippen molar-refractivity contribution in [2.75, 3.05) is 0 Å². The minimum Gasteiger partial charge on any atom is -0.282 e. The van der Waals surface area contributed by atoms with Crippen LogP contribution < -0.4 is 0 Å². The largest absolute Gasteiger partial charge is 0.282 e. The number of aromatic amines is 1. The fourth-order valence-electron chi connectivity index (χ4n) is 1.62. The van der Waals surface area contributed by atoms with Gasteiger partial charge in [0.2, 0.25) is 0 Å². The third-order valence-electron chi connectivity index (χ3n) is 2.24. The molecule has 3 heteroatoms. The monoisotopic (exact) mass is 190 g/mol. The Hall–Kier alpha value is -1.64. The van der Waals surface area contributed by atoms with E-state index in [-0.39, 0.29) is 5.82 Å². The van der Waals surface area contributed by atoms with E-state index >= 15 is 0 Å². The minimum atomic E-state index is -0.220. The summed E-state index contributed by atoms with van der Waals surface area (Å²) < 4.78 is 13.0. The molecule has 0 radical (unpaired) electrons. The molecule has 0 amide bonds. The summed E-state index contributed by atoms with van der Waals surface area (Å²) in [6.07, 6.45) is 0. The highest BCUT2D eigenvalue weighted by atomic mass is 19.1. The van der Waals surface area contributed by atoms with Crippen LogP contribution in [-0.4, -0.2) is 10.2 Å². The van der Waals surface area contributed by atoms with Gasteiger partial charge in [-0.15, -0.1) is 0 Å². The number of halogens is 1. The van der Waals surface area contributed by atoms with Crippen molar-refractivity contribution in [3.05, 3.63) is 41.5 Å². The summed E-state index contributed by atoms with van der Waals surface area (Å²) in [4.78, 5) is 0. The van der Waals surface area contributed by atoms with Crippen molar-refractivity contribution in [3.63, 3.8) is 0 Å². The van der Waals surface area contributed by atoms with Crippen LogP contribution >= 0.6 is 0 Å². The van der Waals surface area contributed by atoms with Crippen molar-refractivity contribution in [1.29, 1.82) is 0 Å². The lowest BCUT2D eigenvalue weighted by Crippen LogP contribution is -1.83. The van der Waals surface area contributed by atoms with E-state index < -0.39 is 0 Å². The van der Waals surface area contributed by atoms with Crippen LogP contribution in [0.1, 0.15) is 11.4 Å². The van der Waals surface area contributed by atoms with Crippen LogP contribution in [0.2, 0.25) is 0 Å². The maximum Gasteiger partial charge on any atom is 0.123 e. The molecule has 1 N–H and O–H groups in total. The molecule has 2 rings (SSSR count). The van der Waals surface area contributed by atoms with Crippen LogP contribution in [0.25, 0.3) is 11.1 Å². The molecule has 2 aromatic rings. The van der Waals surface area contributed by atoms with Gasteiger partial charge in [-0.3, -0.25) is 5.10 Å². The summed E-state index contributed by atoms with van der Waals surface area (Å²) in [6, 6.07) is 6.55. The lowest BCUT2D eigenvalue weighted by molar-refractivity contribution is 0.628. The lowest BCUT2D eigenvalue weighted by atomic mass is 10.0. The Balaban J connectivity index is 2.59. The van der Waals surface area contributed by atoms with Crippen molar-refractivity contribution < 1.29 is 4.39 Å². The molecule has 0 saturated carbocycles. The van der Waals surface area contributed by atoms with E-state index in [1.54, 1.807) is 6.07 Å². The number of hydrogen-bond acceptors (Lipinski definition) is 1. The average Bonchev–Trinajstić information content (AvgIpc) is 2.46. The average molecular weight is 190 g/mol. The van der Waals surface area contributed by atoms with Crippen molar-refractivity contribution in [2.24, 2.45) is 0 Å². The number of H-pyrrole nitrogens is 1. The van der Waals surface area contributed by atoms with Gasteiger partial charge in [0.15, 0.2) is 0 Å². The number of hydrogen-bond donors (Lipinski definition) is 1. The SMILES string of the molecule is Cc1n[nH]c(C)c1-c1cccc(F)c1. The van der Waals surface area contributed by atoms with Crippen molar-refractivity contribution >= 4 is 0 Å². The molecular weight excluding hydrogens is 179 g/mol. The molecule has 0 bridgehead atoms. The smallest absolute Gasteiger partial charge is 0.123 e. The number of nitrogens with zero attached hydrogens (tertiary/aromatic N) is 1. The summed E-state index contributed by atoms with van der Waals surface area (Å²) in [6.45, 7) is 3.84. The zero-order chi connectivity index (χ0) is 10.1. The van der Waals surface area contributed by atoms with Crippen LogP contribution in [0.15, 0.2) is 24.3 Å². The molecule has 1 aromatic heterocycles. The second kappa shape index (κ2) is 3.25. The Morgan fingerprint density at radius 2 is 2.07 bits per heavy atom. The highest BCUT2D eigenvalue weighted by Crippen LogP contribution is 2.25. The summed E-state index contributed by atoms with van der Waals surface area (Å²) in [5, 5.41) is 6.96. The molecule has 0 atom stereocenters. The molecule has 0 spiro atoms. The maximum atomic E-state index is 13.0. The Morgan fingerprint density at radius 3 is 2.64 bits per heavy atom. The molecule has 2 nitrogen and oxygen atoms in total. The number of aromatic nitrogens is 2. The van der Waals surface area contributed by atoms with E-state index in [2.05, 4.69) is 10.2 Å². The third kappa shape index (κ3) is 1.41. The van der Waals surface area contributed by atoms with Gasteiger partial charge >= 0.3 is 0 Å². The summed E-state index contributed by atoms with van der Waals surface area (Å²) in [7, 11) is 0.